The van der Waals surface area contributed by atoms with Gasteiger partial charge in [0.15, 0.2) is 0 Å². The van der Waals surface area contributed by atoms with Gasteiger partial charge in [0.2, 0.25) is 0 Å². The van der Waals surface area contributed by atoms with Crippen molar-refractivity contribution in [1.82, 2.24) is 3.55 Å². The molecule has 3 rings (SSSR count). The first-order valence-electron chi connectivity index (χ1n) is 7.52. The predicted molar refractivity (Wildman–Crippen MR) is 95.8 cm³/mol. The summed E-state index contributed by atoms with van der Waals surface area (Å²) in [7, 11) is 0. The van der Waals surface area contributed by atoms with Gasteiger partial charge in [0.1, 0.15) is 0 Å². The summed E-state index contributed by atoms with van der Waals surface area (Å²) in [6.07, 6.45) is 4.18. The maximum atomic E-state index is 4.71. The average Bonchev–Trinajstić information content (AvgIpc) is 2.96. The minimum absolute atomic E-state index is 1.10. The fourth-order valence-corrected chi connectivity index (χ4v) is 3.58. The topological polar surface area (TPSA) is 17.3 Å². The largest absolute Gasteiger partial charge is 0.451 e. The minimum atomic E-state index is 1.10. The van der Waals surface area contributed by atoms with Crippen LogP contribution in [0.5, 0.6) is 0 Å². The Morgan fingerprint density at radius 1 is 1.05 bits per heavy atom. The van der Waals surface area contributed by atoms with Crippen LogP contribution in [-0.2, 0) is 0 Å². The predicted octanol–water partition coefficient (Wildman–Crippen LogP) is 3.95. The lowest BCUT2D eigenvalue weighted by Crippen LogP contribution is -2.02. The van der Waals surface area contributed by atoms with Crippen LogP contribution in [0.15, 0.2) is 58.4 Å². The van der Waals surface area contributed by atoms with E-state index in [0.717, 1.165) is 5.70 Å². The van der Waals surface area contributed by atoms with Crippen LogP contribution < -0.4 is 0 Å². The molecule has 0 aliphatic carbocycles. The van der Waals surface area contributed by atoms with Crippen molar-refractivity contribution < 1.29 is 0 Å². The molecule has 0 atom stereocenters. The Balaban J connectivity index is 2.36. The van der Waals surface area contributed by atoms with E-state index in [1.54, 1.807) is 0 Å². The van der Waals surface area contributed by atoms with Crippen molar-refractivity contribution >= 4 is 28.3 Å². The van der Waals surface area contributed by atoms with E-state index in [4.69, 9.17) is 4.99 Å². The fourth-order valence-electron chi connectivity index (χ4n) is 2.91. The molecule has 0 bridgehead atoms. The first kappa shape index (κ1) is 15.1. The zero-order chi connectivity index (χ0) is 15.9. The Labute approximate surface area is 140 Å². The molecule has 3 heteroatoms. The summed E-state index contributed by atoms with van der Waals surface area (Å²) in [5.74, 6) is 0. The summed E-state index contributed by atoms with van der Waals surface area (Å²) in [6.45, 7) is 8.65. The smallest absolute Gasteiger partial charge is 0.348 e. The van der Waals surface area contributed by atoms with Crippen molar-refractivity contribution in [1.29, 1.82) is 0 Å². The Morgan fingerprint density at radius 3 is 2.23 bits per heavy atom. The number of hydrogen-bond acceptors (Lipinski definition) is 1. The second-order valence-electron chi connectivity index (χ2n) is 5.91. The van der Waals surface area contributed by atoms with Gasteiger partial charge in [-0.25, -0.2) is 0 Å². The molecule has 0 N–H and O–H groups in total. The van der Waals surface area contributed by atoms with Crippen LogP contribution >= 0.6 is 0 Å². The molecule has 1 aromatic carbocycles. The van der Waals surface area contributed by atoms with Crippen LogP contribution in [0.3, 0.4) is 0 Å². The van der Waals surface area contributed by atoms with Crippen LogP contribution in [0.25, 0.3) is 5.57 Å². The normalized spacial score (nSPS) is 16.5. The molecule has 0 unspecified atom stereocenters. The number of aromatic nitrogens is 1. The second-order valence-corrected chi connectivity index (χ2v) is 6.59. The average molecular weight is 303 g/mol. The Morgan fingerprint density at radius 2 is 1.73 bits per heavy atom. The van der Waals surface area contributed by atoms with Gasteiger partial charge in [0.25, 0.3) is 0 Å². The lowest BCUT2D eigenvalue weighted by Gasteiger charge is -2.15. The lowest BCUT2D eigenvalue weighted by molar-refractivity contribution is 1.18. The van der Waals surface area contributed by atoms with Crippen molar-refractivity contribution in [3.63, 3.8) is 0 Å². The highest BCUT2D eigenvalue weighted by molar-refractivity contribution is 6.09. The zero-order valence-electron chi connectivity index (χ0n) is 13.6. The van der Waals surface area contributed by atoms with Crippen LogP contribution in [-0.4, -0.2) is 26.3 Å². The highest BCUT2D eigenvalue weighted by atomic mass is 27.1. The van der Waals surface area contributed by atoms with Gasteiger partial charge in [-0.05, 0) is 61.7 Å². The number of benzene rings is 1. The second kappa shape index (κ2) is 5.76. The van der Waals surface area contributed by atoms with E-state index >= 15 is 0 Å². The molecule has 22 heavy (non-hydrogen) atoms. The van der Waals surface area contributed by atoms with Gasteiger partial charge in [-0.2, -0.15) is 0 Å². The van der Waals surface area contributed by atoms with E-state index in [0.29, 0.717) is 0 Å². The van der Waals surface area contributed by atoms with Crippen molar-refractivity contribution in [3.05, 3.63) is 75.8 Å². The highest BCUT2D eigenvalue weighted by Gasteiger charge is 2.21. The van der Waals surface area contributed by atoms with E-state index in [9.17, 15) is 0 Å². The van der Waals surface area contributed by atoms with E-state index < -0.39 is 0 Å². The van der Waals surface area contributed by atoms with Crippen molar-refractivity contribution in [2.45, 2.75) is 27.7 Å². The van der Waals surface area contributed by atoms with Crippen molar-refractivity contribution in [2.24, 2.45) is 4.99 Å². The van der Waals surface area contributed by atoms with Crippen LogP contribution in [0.4, 0.5) is 0 Å². The quantitative estimate of drug-likeness (QED) is 0.748. The van der Waals surface area contributed by atoms with E-state index in [2.05, 4.69) is 67.8 Å². The number of aliphatic imine (C=N–C) groups is 1. The van der Waals surface area contributed by atoms with Gasteiger partial charge in [0.05, 0.1) is 5.70 Å². The molecule has 2 nitrogen and oxygen atoms in total. The van der Waals surface area contributed by atoms with Gasteiger partial charge in [-0.1, -0.05) is 30.3 Å². The molecule has 109 valence electrons. The molecular weight excluding hydrogens is 283 g/mol. The van der Waals surface area contributed by atoms with Crippen LogP contribution in [0.1, 0.15) is 36.2 Å². The molecule has 2 heterocycles. The van der Waals surface area contributed by atoms with E-state index in [1.807, 2.05) is 22.7 Å². The SMILES string of the molecule is CC1=C(C)C(=C(c2ccccc2)c2c(C)c(C)c[n]2[AlH])N=C1. The molecular formula is C19H20AlN2. The molecule has 0 spiro atoms. The van der Waals surface area contributed by atoms with Gasteiger partial charge >= 0.3 is 16.5 Å². The number of allylic oxidation sites excluding steroid dienone is 2. The number of aryl methyl sites for hydroxylation is 1. The van der Waals surface area contributed by atoms with E-state index in [-0.39, 0.29) is 0 Å². The van der Waals surface area contributed by atoms with Crippen LogP contribution in [0, 0.1) is 13.8 Å². The minimum Gasteiger partial charge on any atom is -0.451 e. The summed E-state index contributed by atoms with van der Waals surface area (Å²) >= 11 is 1.89. The molecule has 1 aliphatic heterocycles. The summed E-state index contributed by atoms with van der Waals surface area (Å²) in [5, 5.41) is 0. The summed E-state index contributed by atoms with van der Waals surface area (Å²) in [4.78, 5) is 4.71. The summed E-state index contributed by atoms with van der Waals surface area (Å²) < 4.78 is 2.25. The third-order valence-electron chi connectivity index (χ3n) is 4.45. The van der Waals surface area contributed by atoms with Crippen LogP contribution in [0.2, 0.25) is 0 Å². The molecule has 0 amide bonds. The molecule has 2 aromatic rings. The van der Waals surface area contributed by atoms with Gasteiger partial charge in [0, 0.05) is 17.5 Å². The molecule has 1 aromatic heterocycles. The number of rotatable bonds is 2. The monoisotopic (exact) mass is 303 g/mol. The molecule has 0 saturated heterocycles. The maximum absolute atomic E-state index is 4.71. The first-order chi connectivity index (χ1) is 10.5. The number of hydrogen-bond donors (Lipinski definition) is 0. The molecule has 0 fully saturated rings. The fraction of sp³-hybridized carbons (Fsp3) is 0.211. The molecule has 1 aliphatic rings. The summed E-state index contributed by atoms with van der Waals surface area (Å²) in [6, 6.07) is 10.6. The lowest BCUT2D eigenvalue weighted by atomic mass is 9.94. The van der Waals surface area contributed by atoms with Crippen molar-refractivity contribution in [3.8, 4) is 0 Å². The third kappa shape index (κ3) is 2.41. The zero-order valence-corrected chi connectivity index (χ0v) is 15.1. The Hall–Kier alpha value is -1.82. The van der Waals surface area contributed by atoms with Gasteiger partial charge in [-0.15, -0.1) is 0 Å². The highest BCUT2D eigenvalue weighted by Crippen LogP contribution is 2.36. The maximum Gasteiger partial charge on any atom is 0.348 e. The molecule has 1 radical (unpaired) electrons. The number of nitrogens with zero attached hydrogens (tertiary/aromatic N) is 2. The van der Waals surface area contributed by atoms with Gasteiger partial charge in [-0.3, -0.25) is 4.99 Å². The molecule has 0 saturated carbocycles. The summed E-state index contributed by atoms with van der Waals surface area (Å²) in [5.41, 5.74) is 9.97. The standard InChI is InChI=1S/C19H19N2.Al.H/c1-12-10-20-18(14(12)3)17(16-8-6-5-7-9-16)19-15(4)13(2)11-21-19;;/h5-11H,1-4H3;;/q-1;+1;. The van der Waals surface area contributed by atoms with Gasteiger partial charge < -0.3 is 3.55 Å². The Bertz CT molecular complexity index is 821. The first-order valence-corrected chi connectivity index (χ1v) is 8.15. The Kier molecular flexibility index (Phi) is 3.95. The third-order valence-corrected chi connectivity index (χ3v) is 4.95. The van der Waals surface area contributed by atoms with Crippen molar-refractivity contribution in [2.75, 3.05) is 0 Å². The van der Waals surface area contributed by atoms with E-state index in [1.165, 1.54) is 39.1 Å².